The first-order chi connectivity index (χ1) is 8.58. The summed E-state index contributed by atoms with van der Waals surface area (Å²) in [5, 5.41) is -0.496. The normalized spacial score (nSPS) is 13.0. The number of unbranched alkanes of at least 4 members (excludes halogenated alkanes) is 5. The largest absolute Gasteiger partial charge is 0.238 e. The Hall–Kier alpha value is -0.740. The van der Waals surface area contributed by atoms with Gasteiger partial charge in [-0.1, -0.05) is 58.8 Å². The van der Waals surface area contributed by atoms with Crippen molar-refractivity contribution in [2.45, 2.75) is 76.9 Å². The van der Waals surface area contributed by atoms with E-state index in [0.717, 1.165) is 25.7 Å². The number of hydrogen-bond donors (Lipinski definition) is 0. The molecule has 18 heavy (non-hydrogen) atoms. The van der Waals surface area contributed by atoms with Crippen molar-refractivity contribution >= 4 is 10.0 Å². The van der Waals surface area contributed by atoms with Crippen molar-refractivity contribution < 1.29 is 8.42 Å². The van der Waals surface area contributed by atoms with Crippen molar-refractivity contribution in [3.63, 3.8) is 0 Å². The molecule has 0 bridgehead atoms. The molecule has 0 heterocycles. The van der Waals surface area contributed by atoms with Gasteiger partial charge in [0.1, 0.15) is 0 Å². The second-order valence-electron chi connectivity index (χ2n) is 4.65. The lowest BCUT2D eigenvalue weighted by atomic mass is 10.1. The molecule has 0 aliphatic rings. The summed E-state index contributed by atoms with van der Waals surface area (Å²) in [6.07, 6.45) is 8.78. The first kappa shape index (κ1) is 17.3. The van der Waals surface area contributed by atoms with Crippen LogP contribution in [0.3, 0.4) is 0 Å². The molecule has 0 aromatic heterocycles. The standard InChI is InChI=1S/C12H25N3O2S/c1-3-5-6-7-8-9-11-12(10-4-2)18(16,17)15-14-13/h12H,3-11H2,1-2H3. The van der Waals surface area contributed by atoms with E-state index in [2.05, 4.69) is 16.4 Å². The lowest BCUT2D eigenvalue weighted by Crippen LogP contribution is -2.18. The third-order valence-corrected chi connectivity index (χ3v) is 4.68. The quantitative estimate of drug-likeness (QED) is 0.240. The van der Waals surface area contributed by atoms with Gasteiger partial charge in [0, 0.05) is 9.43 Å². The van der Waals surface area contributed by atoms with E-state index in [-0.39, 0.29) is 0 Å². The molecule has 0 fully saturated rings. The molecule has 0 spiro atoms. The lowest BCUT2D eigenvalue weighted by Gasteiger charge is -2.13. The van der Waals surface area contributed by atoms with Crippen molar-refractivity contribution in [3.8, 4) is 0 Å². The minimum absolute atomic E-state index is 0.496. The molecule has 5 nitrogen and oxygen atoms in total. The lowest BCUT2D eigenvalue weighted by molar-refractivity contribution is 0.531. The minimum Gasteiger partial charge on any atom is -0.221 e. The maximum atomic E-state index is 11.7. The zero-order valence-electron chi connectivity index (χ0n) is 11.5. The highest BCUT2D eigenvalue weighted by molar-refractivity contribution is 7.90. The SMILES string of the molecule is CCCCCCCCC(CCC)S(=O)(=O)N=[N+]=[N-]. The number of hydrogen-bond acceptors (Lipinski definition) is 2. The van der Waals surface area contributed by atoms with Crippen molar-refractivity contribution in [1.29, 1.82) is 0 Å². The van der Waals surface area contributed by atoms with Crippen LogP contribution >= 0.6 is 0 Å². The molecule has 0 radical (unpaired) electrons. The Morgan fingerprint density at radius 3 is 2.17 bits per heavy atom. The van der Waals surface area contributed by atoms with E-state index in [4.69, 9.17) is 5.53 Å². The monoisotopic (exact) mass is 275 g/mol. The van der Waals surface area contributed by atoms with E-state index in [1.807, 2.05) is 6.92 Å². The van der Waals surface area contributed by atoms with E-state index in [0.29, 0.717) is 12.8 Å². The van der Waals surface area contributed by atoms with Gasteiger partial charge in [0.05, 0.1) is 5.25 Å². The Labute approximate surface area is 111 Å². The first-order valence-electron chi connectivity index (χ1n) is 6.88. The fourth-order valence-electron chi connectivity index (χ4n) is 2.03. The number of rotatable bonds is 11. The summed E-state index contributed by atoms with van der Waals surface area (Å²) >= 11 is 0. The molecule has 1 atom stereocenters. The average Bonchev–Trinajstić information content (AvgIpc) is 2.32. The van der Waals surface area contributed by atoms with Gasteiger partial charge in [-0.25, -0.2) is 8.42 Å². The van der Waals surface area contributed by atoms with Crippen molar-refractivity contribution in [2.75, 3.05) is 0 Å². The predicted octanol–water partition coefficient (Wildman–Crippen LogP) is 4.55. The van der Waals surface area contributed by atoms with Gasteiger partial charge in [0.25, 0.3) is 0 Å². The molecule has 0 aromatic rings. The predicted molar refractivity (Wildman–Crippen MR) is 74.8 cm³/mol. The highest BCUT2D eigenvalue weighted by atomic mass is 32.2. The van der Waals surface area contributed by atoms with Crippen molar-refractivity contribution in [3.05, 3.63) is 10.4 Å². The molecule has 0 aliphatic carbocycles. The van der Waals surface area contributed by atoms with Crippen LogP contribution in [0.25, 0.3) is 10.4 Å². The molecule has 0 saturated carbocycles. The van der Waals surface area contributed by atoms with Crippen molar-refractivity contribution in [2.24, 2.45) is 4.52 Å². The Balaban J connectivity index is 4.09. The molecule has 6 heteroatoms. The minimum atomic E-state index is -3.62. The van der Waals surface area contributed by atoms with Crippen LogP contribution in [-0.2, 0) is 10.0 Å². The van der Waals surface area contributed by atoms with Gasteiger partial charge in [-0.15, -0.1) is 0 Å². The molecule has 0 amide bonds. The number of azide groups is 1. The summed E-state index contributed by atoms with van der Waals surface area (Å²) in [5.74, 6) is 0. The Morgan fingerprint density at radius 1 is 1.00 bits per heavy atom. The summed E-state index contributed by atoms with van der Waals surface area (Å²) in [6, 6.07) is 0. The Bertz CT molecular complexity index is 348. The maximum absolute atomic E-state index is 11.7. The summed E-state index contributed by atoms with van der Waals surface area (Å²) in [6.45, 7) is 4.11. The van der Waals surface area contributed by atoms with Crippen LogP contribution in [0.1, 0.15) is 71.6 Å². The summed E-state index contributed by atoms with van der Waals surface area (Å²) in [7, 11) is -3.62. The molecule has 0 rings (SSSR count). The van der Waals surface area contributed by atoms with E-state index < -0.39 is 15.3 Å². The second-order valence-corrected chi connectivity index (χ2v) is 6.51. The molecule has 1 unspecified atom stereocenters. The second kappa shape index (κ2) is 10.2. The van der Waals surface area contributed by atoms with Gasteiger partial charge in [0.2, 0.25) is 10.0 Å². The Kier molecular flexibility index (Phi) is 9.79. The van der Waals surface area contributed by atoms with Crippen LogP contribution < -0.4 is 0 Å². The zero-order chi connectivity index (χ0) is 13.9. The highest BCUT2D eigenvalue weighted by Crippen LogP contribution is 2.19. The van der Waals surface area contributed by atoms with Gasteiger partial charge in [-0.05, 0) is 18.4 Å². The number of nitrogens with zero attached hydrogens (tertiary/aromatic N) is 3. The molecule has 0 aromatic carbocycles. The van der Waals surface area contributed by atoms with E-state index in [9.17, 15) is 8.42 Å². The van der Waals surface area contributed by atoms with E-state index >= 15 is 0 Å². The molecule has 0 aliphatic heterocycles. The third kappa shape index (κ3) is 7.56. The topological polar surface area (TPSA) is 82.9 Å². The van der Waals surface area contributed by atoms with Crippen LogP contribution in [0.4, 0.5) is 0 Å². The Morgan fingerprint density at radius 2 is 1.61 bits per heavy atom. The van der Waals surface area contributed by atoms with Crippen LogP contribution in [-0.4, -0.2) is 13.7 Å². The molecule has 106 valence electrons. The fraction of sp³-hybridized carbons (Fsp3) is 1.00. The van der Waals surface area contributed by atoms with Crippen LogP contribution in [0, 0.1) is 0 Å². The molecule has 0 saturated heterocycles. The van der Waals surface area contributed by atoms with Gasteiger partial charge < -0.3 is 0 Å². The van der Waals surface area contributed by atoms with Gasteiger partial charge >= 0.3 is 0 Å². The summed E-state index contributed by atoms with van der Waals surface area (Å²) < 4.78 is 26.3. The maximum Gasteiger partial charge on any atom is 0.238 e. The summed E-state index contributed by atoms with van der Waals surface area (Å²) in [5.41, 5.74) is 8.27. The van der Waals surface area contributed by atoms with Gasteiger partial charge in [0.15, 0.2) is 0 Å². The van der Waals surface area contributed by atoms with Crippen LogP contribution in [0.2, 0.25) is 0 Å². The molecular weight excluding hydrogens is 250 g/mol. The van der Waals surface area contributed by atoms with Crippen molar-refractivity contribution in [1.82, 2.24) is 0 Å². The smallest absolute Gasteiger partial charge is 0.221 e. The van der Waals surface area contributed by atoms with Crippen LogP contribution in [0.15, 0.2) is 4.52 Å². The highest BCUT2D eigenvalue weighted by Gasteiger charge is 2.22. The fourth-order valence-corrected chi connectivity index (χ4v) is 3.27. The van der Waals surface area contributed by atoms with E-state index in [1.165, 1.54) is 19.3 Å². The summed E-state index contributed by atoms with van der Waals surface area (Å²) in [4.78, 5) is 2.42. The average molecular weight is 275 g/mol. The molecule has 0 N–H and O–H groups in total. The zero-order valence-corrected chi connectivity index (χ0v) is 12.3. The first-order valence-corrected chi connectivity index (χ1v) is 8.39. The van der Waals surface area contributed by atoms with E-state index in [1.54, 1.807) is 0 Å². The van der Waals surface area contributed by atoms with Gasteiger partial charge in [-0.3, -0.25) is 0 Å². The van der Waals surface area contributed by atoms with Gasteiger partial charge in [-0.2, -0.15) is 0 Å². The number of sulfonamides is 1. The van der Waals surface area contributed by atoms with Crippen LogP contribution in [0.5, 0.6) is 0 Å². The third-order valence-electron chi connectivity index (χ3n) is 3.06. The molecular formula is C12H25N3O2S.